The number of carbonyl (C=O) groups is 6. The first kappa shape index (κ1) is 29.7. The molecule has 198 valence electrons. The van der Waals surface area contributed by atoms with Crippen LogP contribution in [-0.4, -0.2) is 86.1 Å². The lowest BCUT2D eigenvalue weighted by atomic mass is 10.1. The van der Waals surface area contributed by atoms with E-state index in [0.717, 1.165) is 4.90 Å². The summed E-state index contributed by atoms with van der Waals surface area (Å²) in [5.74, 6) is -1.69. The van der Waals surface area contributed by atoms with Crippen LogP contribution in [0.5, 0.6) is 0 Å². The SMILES string of the molecule is CCOC(=O)NCCCCC(NC(=O)OCC)C(=O)NCCNC(=O)CCN1C(=O)CC(C)C1=O. The number of hydrogen-bond donors (Lipinski definition) is 4. The van der Waals surface area contributed by atoms with Crippen molar-refractivity contribution in [3.05, 3.63) is 0 Å². The summed E-state index contributed by atoms with van der Waals surface area (Å²) < 4.78 is 9.61. The number of alkyl carbamates (subject to hydrolysis) is 2. The fourth-order valence-electron chi connectivity index (χ4n) is 3.33. The highest BCUT2D eigenvalue weighted by Gasteiger charge is 2.35. The number of amides is 6. The van der Waals surface area contributed by atoms with E-state index < -0.39 is 24.1 Å². The second-order valence-electron chi connectivity index (χ2n) is 7.94. The van der Waals surface area contributed by atoms with Gasteiger partial charge in [-0.15, -0.1) is 0 Å². The van der Waals surface area contributed by atoms with E-state index in [0.29, 0.717) is 25.8 Å². The molecule has 0 saturated carbocycles. The Morgan fingerprint density at radius 1 is 0.943 bits per heavy atom. The van der Waals surface area contributed by atoms with E-state index in [1.807, 2.05) is 0 Å². The van der Waals surface area contributed by atoms with Crippen molar-refractivity contribution in [2.24, 2.45) is 5.92 Å². The largest absolute Gasteiger partial charge is 0.450 e. The lowest BCUT2D eigenvalue weighted by Gasteiger charge is -2.18. The first-order valence-corrected chi connectivity index (χ1v) is 11.9. The smallest absolute Gasteiger partial charge is 0.407 e. The maximum Gasteiger partial charge on any atom is 0.407 e. The van der Waals surface area contributed by atoms with Crippen molar-refractivity contribution in [1.82, 2.24) is 26.2 Å². The van der Waals surface area contributed by atoms with Crippen LogP contribution < -0.4 is 21.3 Å². The highest BCUT2D eigenvalue weighted by molar-refractivity contribution is 6.03. The van der Waals surface area contributed by atoms with Gasteiger partial charge in [0.25, 0.3) is 0 Å². The fourth-order valence-corrected chi connectivity index (χ4v) is 3.33. The van der Waals surface area contributed by atoms with Crippen LogP contribution in [0.4, 0.5) is 9.59 Å². The van der Waals surface area contributed by atoms with Gasteiger partial charge in [-0.2, -0.15) is 0 Å². The molecule has 13 nitrogen and oxygen atoms in total. The molecule has 1 rings (SSSR count). The quantitative estimate of drug-likeness (QED) is 0.180. The molecule has 0 aromatic carbocycles. The molecule has 1 aliphatic heterocycles. The first-order chi connectivity index (χ1) is 16.7. The van der Waals surface area contributed by atoms with Gasteiger partial charge in [-0.3, -0.25) is 24.1 Å². The predicted molar refractivity (Wildman–Crippen MR) is 124 cm³/mol. The topological polar surface area (TPSA) is 172 Å². The molecule has 1 heterocycles. The molecule has 2 atom stereocenters. The molecule has 0 aromatic rings. The molecule has 0 radical (unpaired) electrons. The lowest BCUT2D eigenvalue weighted by Crippen LogP contribution is -2.48. The molecule has 1 fully saturated rings. The van der Waals surface area contributed by atoms with Gasteiger partial charge in [-0.25, -0.2) is 9.59 Å². The van der Waals surface area contributed by atoms with E-state index in [1.54, 1.807) is 20.8 Å². The summed E-state index contributed by atoms with van der Waals surface area (Å²) in [7, 11) is 0. The van der Waals surface area contributed by atoms with Crippen LogP contribution in [-0.2, 0) is 28.7 Å². The summed E-state index contributed by atoms with van der Waals surface area (Å²) in [5.41, 5.74) is 0. The molecular weight excluding hydrogens is 462 g/mol. The fraction of sp³-hybridized carbons (Fsp3) is 0.727. The zero-order valence-electron chi connectivity index (χ0n) is 20.6. The molecule has 35 heavy (non-hydrogen) atoms. The van der Waals surface area contributed by atoms with Crippen molar-refractivity contribution in [3.63, 3.8) is 0 Å². The van der Waals surface area contributed by atoms with Gasteiger partial charge < -0.3 is 30.7 Å². The number of nitrogens with zero attached hydrogens (tertiary/aromatic N) is 1. The Balaban J connectivity index is 2.35. The number of rotatable bonds is 15. The Bertz CT molecular complexity index is 760. The third-order valence-corrected chi connectivity index (χ3v) is 5.13. The standard InChI is InChI=1S/C22H37N5O8/c1-4-34-21(32)25-10-7-6-8-16(26-22(33)35-5-2)19(30)24-12-11-23-17(28)9-13-27-18(29)14-15(3)20(27)31/h15-16H,4-14H2,1-3H3,(H,23,28)(H,24,30)(H,25,32)(H,26,33). The van der Waals surface area contributed by atoms with Gasteiger partial charge in [0.2, 0.25) is 23.6 Å². The molecule has 4 N–H and O–H groups in total. The van der Waals surface area contributed by atoms with Gasteiger partial charge in [-0.1, -0.05) is 6.92 Å². The monoisotopic (exact) mass is 499 g/mol. The Labute approximate surface area is 205 Å². The van der Waals surface area contributed by atoms with Gasteiger partial charge in [0.15, 0.2) is 0 Å². The molecular formula is C22H37N5O8. The van der Waals surface area contributed by atoms with Crippen LogP contribution in [0.3, 0.4) is 0 Å². The van der Waals surface area contributed by atoms with Crippen molar-refractivity contribution in [2.75, 3.05) is 39.4 Å². The van der Waals surface area contributed by atoms with Gasteiger partial charge in [0.1, 0.15) is 6.04 Å². The summed E-state index contributed by atoms with van der Waals surface area (Å²) in [6.07, 6.45) is 0.343. The van der Waals surface area contributed by atoms with Crippen molar-refractivity contribution in [2.45, 2.75) is 58.9 Å². The van der Waals surface area contributed by atoms with Gasteiger partial charge in [0.05, 0.1) is 13.2 Å². The number of carbonyl (C=O) groups excluding carboxylic acids is 6. The maximum atomic E-state index is 12.5. The molecule has 1 saturated heterocycles. The highest BCUT2D eigenvalue weighted by Crippen LogP contribution is 2.18. The van der Waals surface area contributed by atoms with Crippen molar-refractivity contribution in [3.8, 4) is 0 Å². The second-order valence-corrected chi connectivity index (χ2v) is 7.94. The van der Waals surface area contributed by atoms with Gasteiger partial charge in [0, 0.05) is 44.9 Å². The summed E-state index contributed by atoms with van der Waals surface area (Å²) in [6, 6.07) is -0.846. The van der Waals surface area contributed by atoms with E-state index in [1.165, 1.54) is 0 Å². The van der Waals surface area contributed by atoms with Crippen LogP contribution in [0.2, 0.25) is 0 Å². The van der Waals surface area contributed by atoms with Crippen LogP contribution in [0.15, 0.2) is 0 Å². The normalized spacial score (nSPS) is 15.9. The summed E-state index contributed by atoms with van der Waals surface area (Å²) in [6.45, 7) is 6.10. The lowest BCUT2D eigenvalue weighted by molar-refractivity contribution is -0.139. The van der Waals surface area contributed by atoms with E-state index in [2.05, 4.69) is 21.3 Å². The third kappa shape index (κ3) is 11.5. The average Bonchev–Trinajstić information content (AvgIpc) is 3.05. The summed E-state index contributed by atoms with van der Waals surface area (Å²) in [4.78, 5) is 72.3. The zero-order chi connectivity index (χ0) is 26.2. The van der Waals surface area contributed by atoms with Crippen LogP contribution in [0.25, 0.3) is 0 Å². The second kappa shape index (κ2) is 16.3. The molecule has 6 amide bonds. The first-order valence-electron chi connectivity index (χ1n) is 11.9. The van der Waals surface area contributed by atoms with E-state index in [9.17, 15) is 28.8 Å². The number of imide groups is 1. The minimum Gasteiger partial charge on any atom is -0.450 e. The van der Waals surface area contributed by atoms with Gasteiger partial charge >= 0.3 is 12.2 Å². The minimum atomic E-state index is -0.846. The number of ether oxygens (including phenoxy) is 2. The molecule has 0 bridgehead atoms. The summed E-state index contributed by atoms with van der Waals surface area (Å²) >= 11 is 0. The molecule has 0 aliphatic carbocycles. The number of unbranched alkanes of at least 4 members (excludes halogenated alkanes) is 1. The van der Waals surface area contributed by atoms with E-state index in [-0.39, 0.29) is 69.3 Å². The molecule has 0 aromatic heterocycles. The van der Waals surface area contributed by atoms with E-state index in [4.69, 9.17) is 9.47 Å². The Kier molecular flexibility index (Phi) is 13.8. The Morgan fingerprint density at radius 2 is 1.60 bits per heavy atom. The number of nitrogens with one attached hydrogen (secondary N) is 4. The number of hydrogen-bond acceptors (Lipinski definition) is 8. The van der Waals surface area contributed by atoms with Crippen LogP contribution in [0, 0.1) is 5.92 Å². The molecule has 13 heteroatoms. The van der Waals surface area contributed by atoms with Crippen molar-refractivity contribution >= 4 is 35.8 Å². The Morgan fingerprint density at radius 3 is 2.23 bits per heavy atom. The third-order valence-electron chi connectivity index (χ3n) is 5.13. The molecule has 2 unspecified atom stereocenters. The molecule has 0 spiro atoms. The Hall–Kier alpha value is -3.38. The van der Waals surface area contributed by atoms with Gasteiger partial charge in [-0.05, 0) is 33.1 Å². The zero-order valence-corrected chi connectivity index (χ0v) is 20.6. The van der Waals surface area contributed by atoms with Crippen LogP contribution >= 0.6 is 0 Å². The minimum absolute atomic E-state index is 0.0228. The maximum absolute atomic E-state index is 12.5. The highest BCUT2D eigenvalue weighted by atomic mass is 16.6. The molecule has 1 aliphatic rings. The van der Waals surface area contributed by atoms with E-state index >= 15 is 0 Å². The van der Waals surface area contributed by atoms with Crippen molar-refractivity contribution < 1.29 is 38.2 Å². The van der Waals surface area contributed by atoms with Crippen LogP contribution in [0.1, 0.15) is 52.9 Å². The predicted octanol–water partition coefficient (Wildman–Crippen LogP) is 0.0350. The summed E-state index contributed by atoms with van der Waals surface area (Å²) in [5, 5.41) is 10.4. The average molecular weight is 500 g/mol. The number of likely N-dealkylation sites (tertiary alicyclic amines) is 1. The van der Waals surface area contributed by atoms with Crippen molar-refractivity contribution in [1.29, 1.82) is 0 Å².